The molecule has 3 saturated heterocycles. The summed E-state index contributed by atoms with van der Waals surface area (Å²) in [7, 11) is -3.89. The van der Waals surface area contributed by atoms with E-state index in [-0.39, 0.29) is 0 Å². The van der Waals surface area contributed by atoms with Crippen LogP contribution in [-0.4, -0.2) is 42.4 Å². The molecule has 0 aromatic rings. The van der Waals surface area contributed by atoms with Gasteiger partial charge in [0.15, 0.2) is 0 Å². The van der Waals surface area contributed by atoms with Gasteiger partial charge in [-0.2, -0.15) is 8.42 Å². The Morgan fingerprint density at radius 2 is 1.92 bits per heavy atom. The molecule has 0 aromatic carbocycles. The van der Waals surface area contributed by atoms with Gasteiger partial charge in [-0.05, 0) is 12.8 Å². The van der Waals surface area contributed by atoms with Gasteiger partial charge in [0.25, 0.3) is 10.1 Å². The third-order valence-corrected chi connectivity index (χ3v) is 4.49. The van der Waals surface area contributed by atoms with Gasteiger partial charge < -0.3 is 0 Å². The molecule has 5 nitrogen and oxygen atoms in total. The minimum absolute atomic E-state index is 0.353. The average Bonchev–Trinajstić information content (AvgIpc) is 2.06. The normalized spacial score (nSPS) is 41.6. The fourth-order valence-electron chi connectivity index (χ4n) is 1.85. The van der Waals surface area contributed by atoms with Crippen LogP contribution in [-0.2, 0) is 10.1 Å². The zero-order valence-corrected chi connectivity index (χ0v) is 7.47. The highest BCUT2D eigenvalue weighted by atomic mass is 32.2. The molecule has 3 fully saturated rings. The molecule has 0 saturated carbocycles. The Labute approximate surface area is 71.5 Å². The molecule has 3 rings (SSSR count). The number of fused-ring (bicyclic) bond motifs is 3. The largest absolute Gasteiger partial charge is 0.285 e. The number of piperidine rings is 1. The lowest BCUT2D eigenvalue weighted by Gasteiger charge is -2.46. The van der Waals surface area contributed by atoms with Crippen molar-refractivity contribution < 1.29 is 13.0 Å². The summed E-state index contributed by atoms with van der Waals surface area (Å²) in [6.07, 6.45) is 1.08. The average molecular weight is 192 g/mol. The monoisotopic (exact) mass is 192 g/mol. The number of hydrogen-bond donors (Lipinski definition) is 2. The van der Waals surface area contributed by atoms with E-state index in [4.69, 9.17) is 4.55 Å². The van der Waals surface area contributed by atoms with Crippen LogP contribution in [0.15, 0.2) is 0 Å². The Morgan fingerprint density at radius 3 is 2.17 bits per heavy atom. The molecule has 0 aromatic heterocycles. The van der Waals surface area contributed by atoms with Crippen molar-refractivity contribution in [2.45, 2.75) is 17.6 Å². The van der Waals surface area contributed by atoms with Crippen LogP contribution in [0.1, 0.15) is 12.8 Å². The van der Waals surface area contributed by atoms with Crippen molar-refractivity contribution >= 4 is 10.1 Å². The summed E-state index contributed by atoms with van der Waals surface area (Å²) in [5.74, 6) is 0. The van der Waals surface area contributed by atoms with Crippen LogP contribution < -0.4 is 5.43 Å². The first-order valence-corrected chi connectivity index (χ1v) is 5.43. The van der Waals surface area contributed by atoms with Gasteiger partial charge >= 0.3 is 0 Å². The summed E-state index contributed by atoms with van der Waals surface area (Å²) >= 11 is 0. The molecule has 3 heterocycles. The van der Waals surface area contributed by atoms with E-state index in [0.29, 0.717) is 32.5 Å². The number of hydrazine groups is 1. The maximum absolute atomic E-state index is 11.1. The van der Waals surface area contributed by atoms with Crippen molar-refractivity contribution in [3.8, 4) is 0 Å². The van der Waals surface area contributed by atoms with Gasteiger partial charge in [-0.25, -0.2) is 5.01 Å². The summed E-state index contributed by atoms with van der Waals surface area (Å²) < 4.78 is 30.3. The molecule has 0 radical (unpaired) electrons. The fourth-order valence-corrected chi connectivity index (χ4v) is 2.80. The van der Waals surface area contributed by atoms with Crippen LogP contribution in [0.4, 0.5) is 0 Å². The van der Waals surface area contributed by atoms with Crippen molar-refractivity contribution in [2.24, 2.45) is 0 Å². The lowest BCUT2D eigenvalue weighted by Crippen LogP contribution is -2.65. The molecule has 0 spiro atoms. The number of nitrogens with one attached hydrogen (secondary N) is 1. The number of hydrogen-bond acceptors (Lipinski definition) is 4. The van der Waals surface area contributed by atoms with Gasteiger partial charge in [-0.3, -0.25) is 9.98 Å². The van der Waals surface area contributed by atoms with E-state index in [1.165, 1.54) is 0 Å². The van der Waals surface area contributed by atoms with Crippen LogP contribution in [0.2, 0.25) is 0 Å². The molecule has 0 atom stereocenters. The molecule has 12 heavy (non-hydrogen) atoms. The Balaban J connectivity index is 2.31. The third-order valence-electron chi connectivity index (χ3n) is 2.85. The van der Waals surface area contributed by atoms with E-state index in [1.807, 2.05) is 5.01 Å². The minimum atomic E-state index is -3.89. The van der Waals surface area contributed by atoms with Crippen molar-refractivity contribution in [2.75, 3.05) is 19.6 Å². The van der Waals surface area contributed by atoms with Crippen molar-refractivity contribution in [1.29, 1.82) is 0 Å². The predicted octanol–water partition coefficient (Wildman–Crippen LogP) is -0.773. The zero-order valence-electron chi connectivity index (χ0n) is 6.65. The number of rotatable bonds is 1. The van der Waals surface area contributed by atoms with Crippen LogP contribution in [0.5, 0.6) is 0 Å². The molecule has 3 aliphatic heterocycles. The molecule has 0 aliphatic carbocycles. The summed E-state index contributed by atoms with van der Waals surface area (Å²) in [5.41, 5.74) is 2.96. The molecule has 6 heteroatoms. The summed E-state index contributed by atoms with van der Waals surface area (Å²) in [4.78, 5) is 0. The first-order valence-electron chi connectivity index (χ1n) is 3.99. The highest BCUT2D eigenvalue weighted by molar-refractivity contribution is 7.87. The van der Waals surface area contributed by atoms with E-state index in [0.717, 1.165) is 0 Å². The van der Waals surface area contributed by atoms with Gasteiger partial charge in [0.05, 0.1) is 0 Å². The Hall–Kier alpha value is -0.170. The van der Waals surface area contributed by atoms with Crippen LogP contribution >= 0.6 is 0 Å². The van der Waals surface area contributed by atoms with Crippen molar-refractivity contribution in [1.82, 2.24) is 10.4 Å². The third kappa shape index (κ3) is 1.06. The van der Waals surface area contributed by atoms with Gasteiger partial charge in [-0.15, -0.1) is 0 Å². The maximum Gasteiger partial charge on any atom is 0.272 e. The summed E-state index contributed by atoms with van der Waals surface area (Å²) in [5, 5.41) is 1.99. The van der Waals surface area contributed by atoms with Gasteiger partial charge in [0.1, 0.15) is 4.75 Å². The second-order valence-electron chi connectivity index (χ2n) is 3.48. The fraction of sp³-hybridized carbons (Fsp3) is 1.00. The second-order valence-corrected chi connectivity index (χ2v) is 5.30. The maximum atomic E-state index is 11.1. The van der Waals surface area contributed by atoms with Gasteiger partial charge in [0.2, 0.25) is 0 Å². The predicted molar refractivity (Wildman–Crippen MR) is 43.1 cm³/mol. The van der Waals surface area contributed by atoms with Crippen molar-refractivity contribution in [3.05, 3.63) is 0 Å². The Bertz CT molecular complexity index is 265. The SMILES string of the molecule is O=S(=O)(O)C12CCN(CC1)NC2. The molecule has 2 N–H and O–H groups in total. The van der Waals surface area contributed by atoms with Crippen LogP contribution in [0, 0.1) is 0 Å². The molecular formula is C6H12N2O3S. The van der Waals surface area contributed by atoms with E-state index < -0.39 is 14.9 Å². The molecule has 2 bridgehead atoms. The lowest BCUT2D eigenvalue weighted by atomic mass is 9.94. The van der Waals surface area contributed by atoms with E-state index in [9.17, 15) is 8.42 Å². The first kappa shape index (κ1) is 8.43. The number of nitrogens with zero attached hydrogens (tertiary/aromatic N) is 1. The first-order chi connectivity index (χ1) is 5.54. The summed E-state index contributed by atoms with van der Waals surface area (Å²) in [6, 6.07) is 0. The van der Waals surface area contributed by atoms with Gasteiger partial charge in [-0.1, -0.05) is 0 Å². The quantitative estimate of drug-likeness (QED) is 0.534. The van der Waals surface area contributed by atoms with Crippen LogP contribution in [0.3, 0.4) is 0 Å². The smallest absolute Gasteiger partial charge is 0.272 e. The lowest BCUT2D eigenvalue weighted by molar-refractivity contribution is 0.0659. The minimum Gasteiger partial charge on any atom is -0.285 e. The summed E-state index contributed by atoms with van der Waals surface area (Å²) in [6.45, 7) is 1.77. The van der Waals surface area contributed by atoms with Crippen LogP contribution in [0.25, 0.3) is 0 Å². The Morgan fingerprint density at radius 1 is 1.33 bits per heavy atom. The second kappa shape index (κ2) is 2.41. The molecule has 0 amide bonds. The molecule has 0 unspecified atom stereocenters. The highest BCUT2D eigenvalue weighted by Crippen LogP contribution is 2.32. The zero-order chi connectivity index (χ0) is 8.82. The van der Waals surface area contributed by atoms with E-state index in [2.05, 4.69) is 5.43 Å². The highest BCUT2D eigenvalue weighted by Gasteiger charge is 2.48. The standard InChI is InChI=1S/C6H12N2O3S/c9-12(10,11)6-1-3-8(4-2-6)7-5-6/h7H,1-5H2,(H,9,10,11). The Kier molecular flexibility index (Phi) is 1.69. The van der Waals surface area contributed by atoms with Crippen molar-refractivity contribution in [3.63, 3.8) is 0 Å². The molecule has 70 valence electrons. The van der Waals surface area contributed by atoms with Gasteiger partial charge in [0, 0.05) is 19.6 Å². The molecule has 3 aliphatic rings. The topological polar surface area (TPSA) is 69.6 Å². The molecular weight excluding hydrogens is 180 g/mol. The van der Waals surface area contributed by atoms with E-state index in [1.54, 1.807) is 0 Å². The van der Waals surface area contributed by atoms with E-state index >= 15 is 0 Å².